The minimum atomic E-state index is -4.93. The standard InChI is InChI=1S/C21H16F5N3O/c22-14-7-5-13(6-8-14)20(9-10-20)12-27-19(30)15-11-28-29(18(15)21(24,25)26)17-4-2-1-3-16(17)23/h1-8,11H,9-10,12H2,(H,27,30). The van der Waals surface area contributed by atoms with Crippen LogP contribution in [0.4, 0.5) is 22.0 Å². The Bertz CT molecular complexity index is 1080. The number of aromatic nitrogens is 2. The first-order valence-corrected chi connectivity index (χ1v) is 9.16. The fraction of sp³-hybridized carbons (Fsp3) is 0.238. The van der Waals surface area contributed by atoms with Crippen LogP contribution in [0.15, 0.2) is 54.7 Å². The zero-order chi connectivity index (χ0) is 21.5. The zero-order valence-corrected chi connectivity index (χ0v) is 15.5. The molecule has 1 saturated carbocycles. The quantitative estimate of drug-likeness (QED) is 0.611. The molecule has 1 aliphatic rings. The van der Waals surface area contributed by atoms with E-state index in [4.69, 9.17) is 0 Å². The van der Waals surface area contributed by atoms with E-state index >= 15 is 0 Å². The SMILES string of the molecule is O=C(NCC1(c2ccc(F)cc2)CC1)c1cnn(-c2ccccc2F)c1C(F)(F)F. The molecule has 4 rings (SSSR count). The summed E-state index contributed by atoms with van der Waals surface area (Å²) in [6, 6.07) is 10.7. The topological polar surface area (TPSA) is 46.9 Å². The maximum absolute atomic E-state index is 14.0. The van der Waals surface area contributed by atoms with E-state index in [0.717, 1.165) is 36.7 Å². The molecule has 9 heteroatoms. The summed E-state index contributed by atoms with van der Waals surface area (Å²) in [4.78, 5) is 12.6. The number of hydrogen-bond acceptors (Lipinski definition) is 2. The molecule has 1 N–H and O–H groups in total. The molecule has 30 heavy (non-hydrogen) atoms. The van der Waals surface area contributed by atoms with E-state index in [1.807, 2.05) is 0 Å². The Labute approximate surface area is 168 Å². The molecule has 0 radical (unpaired) electrons. The minimum Gasteiger partial charge on any atom is -0.351 e. The molecule has 0 spiro atoms. The van der Waals surface area contributed by atoms with Crippen molar-refractivity contribution in [1.29, 1.82) is 0 Å². The Morgan fingerprint density at radius 1 is 1.07 bits per heavy atom. The van der Waals surface area contributed by atoms with Crippen molar-refractivity contribution in [3.63, 3.8) is 0 Å². The highest BCUT2D eigenvalue weighted by atomic mass is 19.4. The predicted molar refractivity (Wildman–Crippen MR) is 98.2 cm³/mol. The van der Waals surface area contributed by atoms with Gasteiger partial charge in [0, 0.05) is 12.0 Å². The van der Waals surface area contributed by atoms with Gasteiger partial charge in [0.1, 0.15) is 17.3 Å². The molecule has 4 nitrogen and oxygen atoms in total. The number of benzene rings is 2. The Hall–Kier alpha value is -3.23. The molecule has 1 aliphatic carbocycles. The summed E-state index contributed by atoms with van der Waals surface area (Å²) in [6.07, 6.45) is -2.71. The average Bonchev–Trinajstić information content (AvgIpc) is 3.35. The largest absolute Gasteiger partial charge is 0.434 e. The summed E-state index contributed by atoms with van der Waals surface area (Å²) in [5.74, 6) is -2.25. The van der Waals surface area contributed by atoms with Crippen LogP contribution in [0.1, 0.15) is 34.5 Å². The number of hydrogen-bond donors (Lipinski definition) is 1. The first kappa shape index (κ1) is 20.1. The molecule has 3 aromatic rings. The molecular formula is C21H16F5N3O. The maximum Gasteiger partial charge on any atom is 0.434 e. The lowest BCUT2D eigenvalue weighted by molar-refractivity contribution is -0.143. The predicted octanol–water partition coefficient (Wildman–Crippen LogP) is 4.63. The smallest absolute Gasteiger partial charge is 0.351 e. The molecule has 1 heterocycles. The molecule has 156 valence electrons. The van der Waals surface area contributed by atoms with Crippen LogP contribution in [0, 0.1) is 11.6 Å². The highest BCUT2D eigenvalue weighted by Gasteiger charge is 2.45. The van der Waals surface area contributed by atoms with Gasteiger partial charge in [-0.1, -0.05) is 24.3 Å². The number of nitrogens with zero attached hydrogens (tertiary/aromatic N) is 2. The van der Waals surface area contributed by atoms with E-state index < -0.39 is 46.1 Å². The number of carbonyl (C=O) groups is 1. The van der Waals surface area contributed by atoms with Gasteiger partial charge in [-0.3, -0.25) is 4.79 Å². The van der Waals surface area contributed by atoms with Gasteiger partial charge >= 0.3 is 6.18 Å². The van der Waals surface area contributed by atoms with Crippen LogP contribution in [0.5, 0.6) is 0 Å². The number of rotatable bonds is 5. The minimum absolute atomic E-state index is 0.0969. The van der Waals surface area contributed by atoms with Crippen molar-refractivity contribution in [3.8, 4) is 5.69 Å². The first-order chi connectivity index (χ1) is 14.2. The van der Waals surface area contributed by atoms with Crippen molar-refractivity contribution < 1.29 is 26.7 Å². The lowest BCUT2D eigenvalue weighted by atomic mass is 9.96. The third-order valence-corrected chi connectivity index (χ3v) is 5.26. The highest BCUT2D eigenvalue weighted by molar-refractivity contribution is 5.95. The van der Waals surface area contributed by atoms with Crippen LogP contribution in [0.3, 0.4) is 0 Å². The van der Waals surface area contributed by atoms with Gasteiger partial charge in [-0.2, -0.15) is 18.3 Å². The molecule has 0 aliphatic heterocycles. The van der Waals surface area contributed by atoms with E-state index in [0.29, 0.717) is 4.68 Å². The first-order valence-electron chi connectivity index (χ1n) is 9.16. The second-order valence-corrected chi connectivity index (χ2v) is 7.24. The molecule has 1 fully saturated rings. The number of halogens is 5. The summed E-state index contributed by atoms with van der Waals surface area (Å²) in [5.41, 5.74) is -2.07. The van der Waals surface area contributed by atoms with Crippen LogP contribution in [0.2, 0.25) is 0 Å². The molecule has 1 amide bonds. The van der Waals surface area contributed by atoms with Gasteiger partial charge in [-0.15, -0.1) is 0 Å². The number of alkyl halides is 3. The normalized spacial score (nSPS) is 15.1. The van der Waals surface area contributed by atoms with Crippen LogP contribution >= 0.6 is 0 Å². The fourth-order valence-electron chi connectivity index (χ4n) is 3.46. The van der Waals surface area contributed by atoms with Gasteiger partial charge < -0.3 is 5.32 Å². The molecule has 2 aromatic carbocycles. The van der Waals surface area contributed by atoms with Gasteiger partial charge in [0.05, 0.1) is 11.8 Å². The van der Waals surface area contributed by atoms with Gasteiger partial charge in [0.25, 0.3) is 5.91 Å². The second kappa shape index (κ2) is 7.23. The zero-order valence-electron chi connectivity index (χ0n) is 15.5. The van der Waals surface area contributed by atoms with Crippen molar-refractivity contribution in [2.75, 3.05) is 6.54 Å². The van der Waals surface area contributed by atoms with E-state index in [1.165, 1.54) is 24.3 Å². The molecule has 1 aromatic heterocycles. The van der Waals surface area contributed by atoms with E-state index in [2.05, 4.69) is 10.4 Å². The average molecular weight is 421 g/mol. The highest BCUT2D eigenvalue weighted by Crippen LogP contribution is 2.47. The summed E-state index contributed by atoms with van der Waals surface area (Å²) in [5, 5.41) is 6.14. The molecule has 0 saturated heterocycles. The van der Waals surface area contributed by atoms with E-state index in [-0.39, 0.29) is 6.54 Å². The van der Waals surface area contributed by atoms with Crippen molar-refractivity contribution >= 4 is 5.91 Å². The van der Waals surface area contributed by atoms with Crippen molar-refractivity contribution in [1.82, 2.24) is 15.1 Å². The molecule has 0 atom stereocenters. The van der Waals surface area contributed by atoms with E-state index in [9.17, 15) is 26.7 Å². The Morgan fingerprint density at radius 3 is 2.33 bits per heavy atom. The lowest BCUT2D eigenvalue weighted by Crippen LogP contribution is -2.33. The third-order valence-electron chi connectivity index (χ3n) is 5.26. The van der Waals surface area contributed by atoms with Gasteiger partial charge in [-0.25, -0.2) is 13.5 Å². The molecule has 0 unspecified atom stereocenters. The Kier molecular flexibility index (Phi) is 4.83. The molecule has 0 bridgehead atoms. The summed E-state index contributed by atoms with van der Waals surface area (Å²) >= 11 is 0. The van der Waals surface area contributed by atoms with Crippen molar-refractivity contribution in [2.24, 2.45) is 0 Å². The Balaban J connectivity index is 1.60. The third kappa shape index (κ3) is 3.67. The van der Waals surface area contributed by atoms with Crippen molar-refractivity contribution in [2.45, 2.75) is 24.4 Å². The van der Waals surface area contributed by atoms with Crippen LogP contribution < -0.4 is 5.32 Å². The summed E-state index contributed by atoms with van der Waals surface area (Å²) in [7, 11) is 0. The van der Waals surface area contributed by atoms with Gasteiger partial charge in [-0.05, 0) is 42.7 Å². The van der Waals surface area contributed by atoms with Gasteiger partial charge in [0.15, 0.2) is 5.69 Å². The van der Waals surface area contributed by atoms with Crippen LogP contribution in [-0.2, 0) is 11.6 Å². The number of amides is 1. The van der Waals surface area contributed by atoms with Crippen molar-refractivity contribution in [3.05, 3.63) is 83.2 Å². The van der Waals surface area contributed by atoms with E-state index in [1.54, 1.807) is 12.1 Å². The lowest BCUT2D eigenvalue weighted by Gasteiger charge is -2.17. The molecular weight excluding hydrogens is 405 g/mol. The fourth-order valence-corrected chi connectivity index (χ4v) is 3.46. The number of para-hydroxylation sites is 1. The maximum atomic E-state index is 14.0. The second-order valence-electron chi connectivity index (χ2n) is 7.24. The summed E-state index contributed by atoms with van der Waals surface area (Å²) < 4.78 is 68.7. The van der Waals surface area contributed by atoms with Crippen LogP contribution in [0.25, 0.3) is 5.69 Å². The number of nitrogens with one attached hydrogen (secondary N) is 1. The summed E-state index contributed by atoms with van der Waals surface area (Å²) in [6.45, 7) is 0.0969. The Morgan fingerprint density at radius 2 is 1.73 bits per heavy atom. The van der Waals surface area contributed by atoms with Gasteiger partial charge in [0.2, 0.25) is 0 Å². The monoisotopic (exact) mass is 421 g/mol. The number of carbonyl (C=O) groups excluding carboxylic acids is 1. The van der Waals surface area contributed by atoms with Crippen LogP contribution in [-0.4, -0.2) is 22.2 Å².